The molecule has 3 aromatic rings. The lowest BCUT2D eigenvalue weighted by atomic mass is 10.2. The molecule has 0 spiro atoms. The van der Waals surface area contributed by atoms with Crippen LogP contribution in [0, 0.1) is 0 Å². The third-order valence-corrected chi connectivity index (χ3v) is 3.62. The Kier molecular flexibility index (Phi) is 2.68. The van der Waals surface area contributed by atoms with E-state index in [0.717, 1.165) is 32.1 Å². The Morgan fingerprint density at radius 2 is 2.11 bits per heavy atom. The summed E-state index contributed by atoms with van der Waals surface area (Å²) in [6.07, 6.45) is 1.66. The van der Waals surface area contributed by atoms with E-state index >= 15 is 0 Å². The van der Waals surface area contributed by atoms with E-state index in [1.54, 1.807) is 6.20 Å². The zero-order valence-corrected chi connectivity index (χ0v) is 12.1. The van der Waals surface area contributed by atoms with Crippen molar-refractivity contribution in [1.82, 2.24) is 9.55 Å². The number of fused-ring (bicyclic) bond motifs is 3. The predicted molar refractivity (Wildman–Crippen MR) is 81.0 cm³/mol. The van der Waals surface area contributed by atoms with Gasteiger partial charge in [-0.2, -0.15) is 0 Å². The minimum atomic E-state index is 0.642. The quantitative estimate of drug-likeness (QED) is 0.610. The van der Waals surface area contributed by atoms with E-state index in [2.05, 4.69) is 39.6 Å². The van der Waals surface area contributed by atoms with Crippen molar-refractivity contribution in [3.05, 3.63) is 46.5 Å². The van der Waals surface area contributed by atoms with E-state index in [-0.39, 0.29) is 0 Å². The van der Waals surface area contributed by atoms with Gasteiger partial charge in [-0.1, -0.05) is 34.1 Å². The summed E-state index contributed by atoms with van der Waals surface area (Å²) in [4.78, 5) is 4.42. The SMILES string of the molecule is C=C(C)n1c2ccc(Br)cc2c2cc(Cl)cnc21. The molecule has 0 bridgehead atoms. The molecule has 1 aromatic carbocycles. The molecule has 0 amide bonds. The van der Waals surface area contributed by atoms with Crippen molar-refractivity contribution in [3.8, 4) is 0 Å². The minimum absolute atomic E-state index is 0.642. The molecule has 90 valence electrons. The van der Waals surface area contributed by atoms with Crippen LogP contribution in [0.25, 0.3) is 27.6 Å². The number of aromatic nitrogens is 2. The van der Waals surface area contributed by atoms with Gasteiger partial charge in [0.15, 0.2) is 0 Å². The highest BCUT2D eigenvalue weighted by atomic mass is 79.9. The Morgan fingerprint density at radius 1 is 1.33 bits per heavy atom. The highest BCUT2D eigenvalue weighted by Crippen LogP contribution is 2.33. The summed E-state index contributed by atoms with van der Waals surface area (Å²) in [5.74, 6) is 0. The zero-order valence-electron chi connectivity index (χ0n) is 9.74. The number of nitrogens with zero attached hydrogens (tertiary/aromatic N) is 2. The van der Waals surface area contributed by atoms with Crippen molar-refractivity contribution in [2.45, 2.75) is 6.92 Å². The topological polar surface area (TPSA) is 17.8 Å². The van der Waals surface area contributed by atoms with E-state index in [1.165, 1.54) is 0 Å². The van der Waals surface area contributed by atoms with Crippen LogP contribution in [0.2, 0.25) is 5.02 Å². The second-order valence-corrected chi connectivity index (χ2v) is 5.61. The molecular formula is C14H10BrClN2. The van der Waals surface area contributed by atoms with Crippen LogP contribution in [0.15, 0.2) is 41.5 Å². The van der Waals surface area contributed by atoms with E-state index < -0.39 is 0 Å². The second kappa shape index (κ2) is 4.11. The minimum Gasteiger partial charge on any atom is -0.299 e. The lowest BCUT2D eigenvalue weighted by Gasteiger charge is -2.04. The summed E-state index contributed by atoms with van der Waals surface area (Å²) >= 11 is 9.54. The van der Waals surface area contributed by atoms with Gasteiger partial charge in [0.2, 0.25) is 0 Å². The van der Waals surface area contributed by atoms with Gasteiger partial charge in [-0.25, -0.2) is 4.98 Å². The van der Waals surface area contributed by atoms with Crippen LogP contribution >= 0.6 is 27.5 Å². The van der Waals surface area contributed by atoms with Crippen molar-refractivity contribution in [3.63, 3.8) is 0 Å². The van der Waals surface area contributed by atoms with Crippen LogP contribution in [0.3, 0.4) is 0 Å². The van der Waals surface area contributed by atoms with Gasteiger partial charge in [0.1, 0.15) is 5.65 Å². The van der Waals surface area contributed by atoms with Crippen LogP contribution in [-0.2, 0) is 0 Å². The lowest BCUT2D eigenvalue weighted by molar-refractivity contribution is 1.16. The fourth-order valence-electron chi connectivity index (χ4n) is 2.23. The first-order valence-electron chi connectivity index (χ1n) is 5.49. The smallest absolute Gasteiger partial charge is 0.145 e. The van der Waals surface area contributed by atoms with Crippen LogP contribution in [0.5, 0.6) is 0 Å². The molecule has 0 saturated heterocycles. The first-order chi connectivity index (χ1) is 8.58. The van der Waals surface area contributed by atoms with Crippen LogP contribution < -0.4 is 0 Å². The number of rotatable bonds is 1. The van der Waals surface area contributed by atoms with Crippen molar-refractivity contribution >= 4 is 55.2 Å². The molecule has 0 fully saturated rings. The summed E-state index contributed by atoms with van der Waals surface area (Å²) < 4.78 is 3.09. The largest absolute Gasteiger partial charge is 0.299 e. The number of benzene rings is 1. The average molecular weight is 322 g/mol. The molecule has 0 aliphatic rings. The van der Waals surface area contributed by atoms with E-state index in [0.29, 0.717) is 5.02 Å². The summed E-state index contributed by atoms with van der Waals surface area (Å²) in [5.41, 5.74) is 2.92. The van der Waals surface area contributed by atoms with Crippen molar-refractivity contribution < 1.29 is 0 Å². The summed E-state index contributed by atoms with van der Waals surface area (Å²) in [6, 6.07) is 8.10. The molecule has 0 N–H and O–H groups in total. The van der Waals surface area contributed by atoms with Gasteiger partial charge in [0.05, 0.1) is 10.5 Å². The van der Waals surface area contributed by atoms with Gasteiger partial charge in [-0.15, -0.1) is 0 Å². The molecule has 0 aliphatic carbocycles. The maximum atomic E-state index is 6.04. The molecular weight excluding hydrogens is 312 g/mol. The number of hydrogen-bond acceptors (Lipinski definition) is 1. The Bertz CT molecular complexity index is 730. The molecule has 0 radical (unpaired) electrons. The molecule has 0 unspecified atom stereocenters. The van der Waals surface area contributed by atoms with Gasteiger partial charge in [-0.05, 0) is 31.2 Å². The molecule has 0 aliphatic heterocycles. The van der Waals surface area contributed by atoms with Crippen molar-refractivity contribution in [2.75, 3.05) is 0 Å². The highest BCUT2D eigenvalue weighted by molar-refractivity contribution is 9.10. The Morgan fingerprint density at radius 3 is 2.83 bits per heavy atom. The zero-order chi connectivity index (χ0) is 12.9. The average Bonchev–Trinajstić information content (AvgIpc) is 2.62. The van der Waals surface area contributed by atoms with Gasteiger partial charge < -0.3 is 0 Å². The summed E-state index contributed by atoms with van der Waals surface area (Å²) in [6.45, 7) is 5.99. The molecule has 0 atom stereocenters. The van der Waals surface area contributed by atoms with E-state index in [4.69, 9.17) is 11.6 Å². The molecule has 0 saturated carbocycles. The second-order valence-electron chi connectivity index (χ2n) is 4.26. The third kappa shape index (κ3) is 1.66. The summed E-state index contributed by atoms with van der Waals surface area (Å²) in [5, 5.41) is 2.81. The van der Waals surface area contributed by atoms with Gasteiger partial charge in [0.25, 0.3) is 0 Å². The normalized spacial score (nSPS) is 11.3. The van der Waals surface area contributed by atoms with Crippen LogP contribution in [0.1, 0.15) is 6.92 Å². The first kappa shape index (κ1) is 11.8. The maximum absolute atomic E-state index is 6.04. The van der Waals surface area contributed by atoms with Gasteiger partial charge in [-0.3, -0.25) is 4.57 Å². The van der Waals surface area contributed by atoms with Crippen molar-refractivity contribution in [2.24, 2.45) is 0 Å². The van der Waals surface area contributed by atoms with Gasteiger partial charge >= 0.3 is 0 Å². The summed E-state index contributed by atoms with van der Waals surface area (Å²) in [7, 11) is 0. The van der Waals surface area contributed by atoms with E-state index in [1.807, 2.05) is 23.6 Å². The number of hydrogen-bond donors (Lipinski definition) is 0. The van der Waals surface area contributed by atoms with E-state index in [9.17, 15) is 0 Å². The molecule has 2 aromatic heterocycles. The van der Waals surface area contributed by atoms with Crippen molar-refractivity contribution in [1.29, 1.82) is 0 Å². The molecule has 18 heavy (non-hydrogen) atoms. The molecule has 2 heterocycles. The standard InChI is InChI=1S/C14H10BrClN2/c1-8(2)18-13-4-3-9(15)5-11(13)12-6-10(16)7-17-14(12)18/h3-7H,1H2,2H3. The fraction of sp³-hybridized carbons (Fsp3) is 0.0714. The molecule has 4 heteroatoms. The van der Waals surface area contributed by atoms with Crippen LogP contribution in [0.4, 0.5) is 0 Å². The van der Waals surface area contributed by atoms with Crippen LogP contribution in [-0.4, -0.2) is 9.55 Å². The lowest BCUT2D eigenvalue weighted by Crippen LogP contribution is -1.93. The Balaban J connectivity index is 2.60. The molecule has 3 rings (SSSR count). The number of halogens is 2. The fourth-order valence-corrected chi connectivity index (χ4v) is 2.75. The predicted octanol–water partition coefficient (Wildman–Crippen LogP) is 5.10. The number of allylic oxidation sites excluding steroid dienone is 1. The Hall–Kier alpha value is -1.32. The molecule has 2 nitrogen and oxygen atoms in total. The highest BCUT2D eigenvalue weighted by Gasteiger charge is 2.12. The number of pyridine rings is 1. The Labute approximate surface area is 118 Å². The maximum Gasteiger partial charge on any atom is 0.145 e. The third-order valence-electron chi connectivity index (χ3n) is 2.92. The monoisotopic (exact) mass is 320 g/mol. The first-order valence-corrected chi connectivity index (χ1v) is 6.66. The van der Waals surface area contributed by atoms with Gasteiger partial charge in [0, 0.05) is 27.1 Å².